The van der Waals surface area contributed by atoms with E-state index in [9.17, 15) is 4.79 Å². The Morgan fingerprint density at radius 3 is 2.71 bits per heavy atom. The summed E-state index contributed by atoms with van der Waals surface area (Å²) in [6, 6.07) is 0.126. The molecule has 4 nitrogen and oxygen atoms in total. The van der Waals surface area contributed by atoms with Gasteiger partial charge in [-0.15, -0.1) is 0 Å². The lowest BCUT2D eigenvalue weighted by Crippen LogP contribution is -2.55. The Balaban J connectivity index is 1.69. The summed E-state index contributed by atoms with van der Waals surface area (Å²) in [6.45, 7) is 3.60. The Morgan fingerprint density at radius 1 is 1.29 bits per heavy atom. The number of likely N-dealkylation sites (tertiary alicyclic amines) is 1. The molecule has 3 rings (SSSR count). The van der Waals surface area contributed by atoms with E-state index in [-0.39, 0.29) is 11.6 Å². The molecule has 2 saturated heterocycles. The Morgan fingerprint density at radius 2 is 2.06 bits per heavy atom. The van der Waals surface area contributed by atoms with E-state index in [1.54, 1.807) is 0 Å². The molecule has 0 radical (unpaired) electrons. The number of carbonyl (C=O) groups excluding carboxylic acids is 1. The predicted molar refractivity (Wildman–Crippen MR) is 64.8 cm³/mol. The number of morpholine rings is 1. The first kappa shape index (κ1) is 11.5. The summed E-state index contributed by atoms with van der Waals surface area (Å²) in [6.07, 6.45) is 5.92. The third-order valence-electron chi connectivity index (χ3n) is 4.63. The molecule has 17 heavy (non-hydrogen) atoms. The van der Waals surface area contributed by atoms with Gasteiger partial charge in [-0.25, -0.2) is 0 Å². The van der Waals surface area contributed by atoms with E-state index in [1.165, 1.54) is 25.7 Å². The predicted octanol–water partition coefficient (Wildman–Crippen LogP) is 0.862. The fourth-order valence-electron chi connectivity index (χ4n) is 3.60. The molecule has 0 aromatic heterocycles. The molecule has 0 N–H and O–H groups in total. The number of nitrogens with zero attached hydrogens (tertiary/aromatic N) is 2. The van der Waals surface area contributed by atoms with Gasteiger partial charge in [-0.1, -0.05) is 12.8 Å². The number of amides is 1. The van der Waals surface area contributed by atoms with Crippen LogP contribution in [0.25, 0.3) is 0 Å². The molecule has 4 heteroatoms. The first-order chi connectivity index (χ1) is 8.20. The van der Waals surface area contributed by atoms with E-state index in [1.807, 2.05) is 11.9 Å². The number of rotatable bonds is 1. The van der Waals surface area contributed by atoms with Crippen molar-refractivity contribution in [3.8, 4) is 0 Å². The molecule has 0 aromatic carbocycles. The summed E-state index contributed by atoms with van der Waals surface area (Å²) in [5.74, 6) is 0.306. The second-order valence-electron chi connectivity index (χ2n) is 5.77. The van der Waals surface area contributed by atoms with Crippen molar-refractivity contribution >= 4 is 5.91 Å². The number of carbonyl (C=O) groups is 1. The van der Waals surface area contributed by atoms with Crippen molar-refractivity contribution < 1.29 is 9.53 Å². The maximum absolute atomic E-state index is 12.1. The van der Waals surface area contributed by atoms with Gasteiger partial charge >= 0.3 is 0 Å². The average Bonchev–Trinajstić information content (AvgIpc) is 2.89. The van der Waals surface area contributed by atoms with Crippen LogP contribution in [0.5, 0.6) is 0 Å². The third kappa shape index (κ3) is 1.97. The van der Waals surface area contributed by atoms with E-state index in [4.69, 9.17) is 4.74 Å². The fourth-order valence-corrected chi connectivity index (χ4v) is 3.60. The van der Waals surface area contributed by atoms with Gasteiger partial charge in [0, 0.05) is 26.7 Å². The van der Waals surface area contributed by atoms with Crippen LogP contribution in [0.3, 0.4) is 0 Å². The van der Waals surface area contributed by atoms with Crippen molar-refractivity contribution in [1.29, 1.82) is 0 Å². The molecule has 1 amide bonds. The lowest BCUT2D eigenvalue weighted by atomic mass is 9.98. The quantitative estimate of drug-likeness (QED) is 0.679. The Bertz CT molecular complexity index is 313. The van der Waals surface area contributed by atoms with E-state index in [0.717, 1.165) is 32.7 Å². The van der Waals surface area contributed by atoms with Crippen LogP contribution in [-0.4, -0.2) is 60.6 Å². The van der Waals surface area contributed by atoms with Crippen molar-refractivity contribution in [2.75, 3.05) is 33.3 Å². The zero-order chi connectivity index (χ0) is 11.9. The van der Waals surface area contributed by atoms with Crippen LogP contribution in [0.1, 0.15) is 32.1 Å². The smallest absolute Gasteiger partial charge is 0.239 e. The molecule has 1 unspecified atom stereocenters. The lowest BCUT2D eigenvalue weighted by molar-refractivity contribution is -0.140. The molecule has 0 bridgehead atoms. The molecule has 1 atom stereocenters. The Kier molecular flexibility index (Phi) is 2.87. The second-order valence-corrected chi connectivity index (χ2v) is 5.77. The van der Waals surface area contributed by atoms with E-state index >= 15 is 0 Å². The number of likely N-dealkylation sites (N-methyl/N-ethyl adjacent to an activating group) is 1. The summed E-state index contributed by atoms with van der Waals surface area (Å²) in [5, 5.41) is 0. The third-order valence-corrected chi connectivity index (χ3v) is 4.63. The maximum atomic E-state index is 12.1. The molecule has 1 spiro atoms. The van der Waals surface area contributed by atoms with Crippen LogP contribution in [-0.2, 0) is 9.53 Å². The normalized spacial score (nSPS) is 33.8. The van der Waals surface area contributed by atoms with Gasteiger partial charge in [0.1, 0.15) is 0 Å². The SMILES string of the molecule is CN1CCC(N2CCOC3(CCCC3)C2)C1=O. The standard InChI is InChI=1S/C13H22N2O2/c1-14-7-4-11(12(14)16)15-8-9-17-13(10-15)5-2-3-6-13/h11H,2-10H2,1H3. The van der Waals surface area contributed by atoms with Crippen molar-refractivity contribution in [3.63, 3.8) is 0 Å². The lowest BCUT2D eigenvalue weighted by Gasteiger charge is -2.42. The summed E-state index contributed by atoms with van der Waals surface area (Å²) < 4.78 is 6.01. The van der Waals surface area contributed by atoms with Crippen LogP contribution in [0.2, 0.25) is 0 Å². The van der Waals surface area contributed by atoms with Gasteiger partial charge in [0.25, 0.3) is 0 Å². The van der Waals surface area contributed by atoms with Crippen molar-refractivity contribution in [2.45, 2.75) is 43.7 Å². The minimum Gasteiger partial charge on any atom is -0.372 e. The van der Waals surface area contributed by atoms with Gasteiger partial charge in [-0.05, 0) is 19.3 Å². The van der Waals surface area contributed by atoms with E-state index < -0.39 is 0 Å². The van der Waals surface area contributed by atoms with Crippen molar-refractivity contribution in [1.82, 2.24) is 9.80 Å². The monoisotopic (exact) mass is 238 g/mol. The summed E-state index contributed by atoms with van der Waals surface area (Å²) in [4.78, 5) is 16.3. The first-order valence-electron chi connectivity index (χ1n) is 6.83. The van der Waals surface area contributed by atoms with E-state index in [0.29, 0.717) is 5.91 Å². The molecule has 0 aromatic rings. The summed E-state index contributed by atoms with van der Waals surface area (Å²) in [7, 11) is 1.91. The minimum atomic E-state index is 0.0830. The molecule has 3 fully saturated rings. The molecule has 2 heterocycles. The maximum Gasteiger partial charge on any atom is 0.239 e. The minimum absolute atomic E-state index is 0.0830. The fraction of sp³-hybridized carbons (Fsp3) is 0.923. The second kappa shape index (κ2) is 4.25. The van der Waals surface area contributed by atoms with Crippen LogP contribution in [0, 0.1) is 0 Å². The Hall–Kier alpha value is -0.610. The molecule has 96 valence electrons. The number of hydrogen-bond acceptors (Lipinski definition) is 3. The summed E-state index contributed by atoms with van der Waals surface area (Å²) in [5.41, 5.74) is 0.0830. The zero-order valence-corrected chi connectivity index (χ0v) is 10.7. The zero-order valence-electron chi connectivity index (χ0n) is 10.7. The molecule has 3 aliphatic rings. The van der Waals surface area contributed by atoms with Gasteiger partial charge in [0.05, 0.1) is 18.2 Å². The highest BCUT2D eigenvalue weighted by Crippen LogP contribution is 2.37. The summed E-state index contributed by atoms with van der Waals surface area (Å²) >= 11 is 0. The molecular weight excluding hydrogens is 216 g/mol. The average molecular weight is 238 g/mol. The largest absolute Gasteiger partial charge is 0.372 e. The van der Waals surface area contributed by atoms with Gasteiger partial charge in [0.2, 0.25) is 5.91 Å². The molecule has 1 saturated carbocycles. The van der Waals surface area contributed by atoms with Crippen LogP contribution in [0.15, 0.2) is 0 Å². The molecule has 2 aliphatic heterocycles. The first-order valence-corrected chi connectivity index (χ1v) is 6.83. The highest BCUT2D eigenvalue weighted by molar-refractivity contribution is 5.83. The highest BCUT2D eigenvalue weighted by Gasteiger charge is 2.43. The van der Waals surface area contributed by atoms with Crippen LogP contribution in [0.4, 0.5) is 0 Å². The molecular formula is C13H22N2O2. The van der Waals surface area contributed by atoms with Crippen molar-refractivity contribution in [2.24, 2.45) is 0 Å². The van der Waals surface area contributed by atoms with Crippen molar-refractivity contribution in [3.05, 3.63) is 0 Å². The number of ether oxygens (including phenoxy) is 1. The van der Waals surface area contributed by atoms with Gasteiger partial charge in [-0.2, -0.15) is 0 Å². The van der Waals surface area contributed by atoms with Crippen LogP contribution < -0.4 is 0 Å². The topological polar surface area (TPSA) is 32.8 Å². The van der Waals surface area contributed by atoms with E-state index in [2.05, 4.69) is 4.90 Å². The number of hydrogen-bond donors (Lipinski definition) is 0. The molecule has 1 aliphatic carbocycles. The van der Waals surface area contributed by atoms with Gasteiger partial charge in [0.15, 0.2) is 0 Å². The highest BCUT2D eigenvalue weighted by atomic mass is 16.5. The van der Waals surface area contributed by atoms with Gasteiger partial charge < -0.3 is 9.64 Å². The Labute approximate surface area is 103 Å². The van der Waals surface area contributed by atoms with Gasteiger partial charge in [-0.3, -0.25) is 9.69 Å². The van der Waals surface area contributed by atoms with Crippen LogP contribution >= 0.6 is 0 Å².